The van der Waals surface area contributed by atoms with E-state index >= 15 is 0 Å². The predicted octanol–water partition coefficient (Wildman–Crippen LogP) is 1.96. The van der Waals surface area contributed by atoms with E-state index in [1.807, 2.05) is 24.2 Å². The summed E-state index contributed by atoms with van der Waals surface area (Å²) in [6.07, 6.45) is 3.55. The molecule has 0 spiro atoms. The van der Waals surface area contributed by atoms with Gasteiger partial charge in [0.1, 0.15) is 12.2 Å². The van der Waals surface area contributed by atoms with Gasteiger partial charge in [-0.3, -0.25) is 4.68 Å². The molecule has 0 aliphatic carbocycles. The molecule has 2 heterocycles. The Morgan fingerprint density at radius 3 is 2.89 bits per heavy atom. The summed E-state index contributed by atoms with van der Waals surface area (Å²) in [4.78, 5) is 9.95. The Hall–Kier alpha value is -1.27. The molecule has 0 aliphatic heterocycles. The van der Waals surface area contributed by atoms with E-state index in [2.05, 4.69) is 27.3 Å². The third-order valence-electron chi connectivity index (χ3n) is 2.97. The Morgan fingerprint density at radius 2 is 2.28 bits per heavy atom. The standard InChI is InChI=1S/C12H19N5S/c1-4-5-17-11(14-7-16-17)6-10(13-3)12-9(2)15-8-18-12/h7-8,10,13H,4-6H2,1-3H3. The van der Waals surface area contributed by atoms with Gasteiger partial charge in [0.2, 0.25) is 0 Å². The number of likely N-dealkylation sites (N-methyl/N-ethyl adjacent to an activating group) is 1. The molecule has 2 aromatic rings. The third-order valence-corrected chi connectivity index (χ3v) is 4.01. The summed E-state index contributed by atoms with van der Waals surface area (Å²) in [6, 6.07) is 0.261. The molecule has 0 saturated carbocycles. The van der Waals surface area contributed by atoms with Crippen LogP contribution < -0.4 is 5.32 Å². The zero-order valence-corrected chi connectivity index (χ0v) is 11.9. The van der Waals surface area contributed by atoms with E-state index in [1.54, 1.807) is 17.7 Å². The Balaban J connectivity index is 2.15. The summed E-state index contributed by atoms with van der Waals surface area (Å²) < 4.78 is 1.99. The first kappa shape index (κ1) is 13.2. The molecule has 0 saturated heterocycles. The van der Waals surface area contributed by atoms with Crippen molar-refractivity contribution in [2.75, 3.05) is 7.05 Å². The minimum atomic E-state index is 0.261. The van der Waals surface area contributed by atoms with Gasteiger partial charge < -0.3 is 5.32 Å². The smallest absolute Gasteiger partial charge is 0.138 e. The molecule has 2 rings (SSSR count). The Labute approximate surface area is 111 Å². The van der Waals surface area contributed by atoms with Crippen LogP contribution in [0.3, 0.4) is 0 Å². The number of rotatable bonds is 6. The summed E-state index contributed by atoms with van der Waals surface area (Å²) in [5, 5.41) is 7.60. The van der Waals surface area contributed by atoms with Crippen molar-refractivity contribution in [2.45, 2.75) is 39.3 Å². The highest BCUT2D eigenvalue weighted by atomic mass is 32.1. The Kier molecular flexibility index (Phi) is 4.43. The maximum atomic E-state index is 4.36. The summed E-state index contributed by atoms with van der Waals surface area (Å²) in [6.45, 7) is 5.12. The second-order valence-corrected chi connectivity index (χ2v) is 5.13. The Morgan fingerprint density at radius 1 is 1.44 bits per heavy atom. The highest BCUT2D eigenvalue weighted by Crippen LogP contribution is 2.24. The van der Waals surface area contributed by atoms with Gasteiger partial charge in [0.15, 0.2) is 0 Å². The van der Waals surface area contributed by atoms with Gasteiger partial charge in [0.05, 0.1) is 17.2 Å². The highest BCUT2D eigenvalue weighted by molar-refractivity contribution is 7.09. The van der Waals surface area contributed by atoms with Gasteiger partial charge in [-0.2, -0.15) is 5.10 Å². The van der Waals surface area contributed by atoms with Gasteiger partial charge in [0.25, 0.3) is 0 Å². The molecule has 1 unspecified atom stereocenters. The van der Waals surface area contributed by atoms with E-state index in [-0.39, 0.29) is 6.04 Å². The average Bonchev–Trinajstić information content (AvgIpc) is 2.96. The Bertz CT molecular complexity index is 490. The molecule has 0 fully saturated rings. The lowest BCUT2D eigenvalue weighted by Crippen LogP contribution is -2.21. The molecule has 18 heavy (non-hydrogen) atoms. The van der Waals surface area contributed by atoms with E-state index in [0.717, 1.165) is 30.9 Å². The van der Waals surface area contributed by atoms with E-state index in [1.165, 1.54) is 4.88 Å². The van der Waals surface area contributed by atoms with Crippen molar-refractivity contribution in [3.63, 3.8) is 0 Å². The minimum Gasteiger partial charge on any atom is -0.312 e. The lowest BCUT2D eigenvalue weighted by Gasteiger charge is -2.15. The third kappa shape index (κ3) is 2.76. The van der Waals surface area contributed by atoms with Crippen LogP contribution in [0.5, 0.6) is 0 Å². The van der Waals surface area contributed by atoms with Crippen LogP contribution in [0.4, 0.5) is 0 Å². The molecular weight excluding hydrogens is 246 g/mol. The van der Waals surface area contributed by atoms with Crippen LogP contribution in [0, 0.1) is 6.92 Å². The molecule has 0 aliphatic rings. The lowest BCUT2D eigenvalue weighted by molar-refractivity contribution is 0.519. The number of aromatic nitrogens is 4. The van der Waals surface area contributed by atoms with E-state index < -0.39 is 0 Å². The average molecular weight is 265 g/mol. The fourth-order valence-corrected chi connectivity index (χ4v) is 2.91. The van der Waals surface area contributed by atoms with Gasteiger partial charge in [-0.1, -0.05) is 6.92 Å². The predicted molar refractivity (Wildman–Crippen MR) is 72.7 cm³/mol. The van der Waals surface area contributed by atoms with Gasteiger partial charge in [-0.25, -0.2) is 9.97 Å². The van der Waals surface area contributed by atoms with Crippen molar-refractivity contribution in [1.29, 1.82) is 0 Å². The number of nitrogens with one attached hydrogen (secondary N) is 1. The molecule has 0 amide bonds. The van der Waals surface area contributed by atoms with Crippen LogP contribution in [0.15, 0.2) is 11.8 Å². The first-order valence-electron chi connectivity index (χ1n) is 6.20. The molecule has 1 N–H and O–H groups in total. The van der Waals surface area contributed by atoms with Crippen LogP contribution in [-0.4, -0.2) is 26.8 Å². The van der Waals surface area contributed by atoms with Crippen LogP contribution in [-0.2, 0) is 13.0 Å². The van der Waals surface area contributed by atoms with Gasteiger partial charge >= 0.3 is 0 Å². The maximum absolute atomic E-state index is 4.36. The van der Waals surface area contributed by atoms with Crippen molar-refractivity contribution in [3.8, 4) is 0 Å². The first-order valence-corrected chi connectivity index (χ1v) is 7.08. The molecule has 98 valence electrons. The van der Waals surface area contributed by atoms with E-state index in [4.69, 9.17) is 0 Å². The molecule has 5 nitrogen and oxygen atoms in total. The number of nitrogens with zero attached hydrogens (tertiary/aromatic N) is 4. The summed E-state index contributed by atoms with van der Waals surface area (Å²) in [5.74, 6) is 1.03. The van der Waals surface area contributed by atoms with Gasteiger partial charge in [0, 0.05) is 17.8 Å². The van der Waals surface area contributed by atoms with Crippen LogP contribution in [0.2, 0.25) is 0 Å². The number of thiazole rings is 1. The number of hydrogen-bond acceptors (Lipinski definition) is 5. The second-order valence-electron chi connectivity index (χ2n) is 4.25. The van der Waals surface area contributed by atoms with Crippen molar-refractivity contribution < 1.29 is 0 Å². The van der Waals surface area contributed by atoms with E-state index in [0.29, 0.717) is 0 Å². The van der Waals surface area contributed by atoms with Crippen LogP contribution >= 0.6 is 11.3 Å². The molecule has 0 bridgehead atoms. The van der Waals surface area contributed by atoms with Crippen molar-refractivity contribution in [3.05, 3.63) is 28.2 Å². The van der Waals surface area contributed by atoms with Crippen LogP contribution in [0.1, 0.15) is 35.8 Å². The lowest BCUT2D eigenvalue weighted by atomic mass is 10.1. The topological polar surface area (TPSA) is 55.6 Å². The fraction of sp³-hybridized carbons (Fsp3) is 0.583. The monoisotopic (exact) mass is 265 g/mol. The SMILES string of the molecule is CCCn1ncnc1CC(NC)c1scnc1C. The second kappa shape index (κ2) is 6.06. The zero-order valence-electron chi connectivity index (χ0n) is 11.1. The molecule has 0 radical (unpaired) electrons. The number of hydrogen-bond donors (Lipinski definition) is 1. The molecule has 2 aromatic heterocycles. The van der Waals surface area contributed by atoms with Crippen molar-refractivity contribution in [2.24, 2.45) is 0 Å². The van der Waals surface area contributed by atoms with E-state index in [9.17, 15) is 0 Å². The summed E-state index contributed by atoms with van der Waals surface area (Å²) in [5.41, 5.74) is 2.99. The molecule has 1 atom stereocenters. The fourth-order valence-electron chi connectivity index (χ4n) is 2.00. The van der Waals surface area contributed by atoms with Crippen molar-refractivity contribution in [1.82, 2.24) is 25.1 Å². The summed E-state index contributed by atoms with van der Waals surface area (Å²) in [7, 11) is 1.98. The van der Waals surface area contributed by atoms with Gasteiger partial charge in [-0.15, -0.1) is 11.3 Å². The summed E-state index contributed by atoms with van der Waals surface area (Å²) >= 11 is 1.69. The largest absolute Gasteiger partial charge is 0.312 e. The molecule has 6 heteroatoms. The number of aryl methyl sites for hydroxylation is 2. The zero-order chi connectivity index (χ0) is 13.0. The molecular formula is C12H19N5S. The van der Waals surface area contributed by atoms with Crippen LogP contribution in [0.25, 0.3) is 0 Å². The molecule has 0 aromatic carbocycles. The maximum Gasteiger partial charge on any atom is 0.138 e. The van der Waals surface area contributed by atoms with Crippen molar-refractivity contribution >= 4 is 11.3 Å². The van der Waals surface area contributed by atoms with Gasteiger partial charge in [-0.05, 0) is 20.4 Å². The normalized spacial score (nSPS) is 12.8. The first-order chi connectivity index (χ1) is 8.76. The minimum absolute atomic E-state index is 0.261. The highest BCUT2D eigenvalue weighted by Gasteiger charge is 2.17. The quantitative estimate of drug-likeness (QED) is 0.867.